The monoisotopic (exact) mass is 437 g/mol. The third-order valence-electron chi connectivity index (χ3n) is 2.61. The summed E-state index contributed by atoms with van der Waals surface area (Å²) in [6.07, 6.45) is 4.29. The van der Waals surface area contributed by atoms with Gasteiger partial charge in [0.25, 0.3) is 6.48 Å². The van der Waals surface area contributed by atoms with Gasteiger partial charge in [-0.3, -0.25) is 0 Å². The quantitative estimate of drug-likeness (QED) is 0.199. The zero-order chi connectivity index (χ0) is 20.9. The second kappa shape index (κ2) is 16.7. The summed E-state index contributed by atoms with van der Waals surface area (Å²) in [5.74, 6) is 0. The molecule has 0 rings (SSSR count). The summed E-state index contributed by atoms with van der Waals surface area (Å²) in [7, 11) is -4.52. The normalized spacial score (nSPS) is 12.8. The average molecular weight is 438 g/mol. The molecule has 0 amide bonds. The topological polar surface area (TPSA) is 96.9 Å². The van der Waals surface area contributed by atoms with Crippen molar-refractivity contribution in [2.75, 3.05) is 19.3 Å². The van der Waals surface area contributed by atoms with Crippen LogP contribution in [0.15, 0.2) is 0 Å². The van der Waals surface area contributed by atoms with Crippen LogP contribution in [0.5, 0.6) is 0 Å². The molecule has 0 aliphatic rings. The molecule has 0 aliphatic heterocycles. The number of nitrogens with one attached hydrogen (secondary N) is 1. The predicted molar refractivity (Wildman–Crippen MR) is 108 cm³/mol. The van der Waals surface area contributed by atoms with Crippen molar-refractivity contribution < 1.29 is 56.4 Å². The molecule has 0 aromatic carbocycles. The van der Waals surface area contributed by atoms with Crippen LogP contribution in [0.2, 0.25) is 6.04 Å². The fraction of sp³-hybridized carbons (Fsp3) is 1.00. The molecule has 0 bridgehead atoms. The van der Waals surface area contributed by atoms with Crippen molar-refractivity contribution in [3.63, 3.8) is 0 Å². The zero-order valence-electron chi connectivity index (χ0n) is 18.9. The molecule has 27 heavy (non-hydrogen) atoms. The van der Waals surface area contributed by atoms with Gasteiger partial charge in [0.2, 0.25) is 0 Å². The molecule has 0 atom stereocenters. The molecule has 160 valence electrons. The molecule has 0 saturated heterocycles. The summed E-state index contributed by atoms with van der Waals surface area (Å²) in [5, 5.41) is 3.46. The van der Waals surface area contributed by atoms with Crippen LogP contribution in [-0.2, 0) is 24.0 Å². The van der Waals surface area contributed by atoms with E-state index < -0.39 is 26.4 Å². The average Bonchev–Trinajstić information content (AvgIpc) is 2.36. The molecule has 0 fully saturated rings. The van der Waals surface area contributed by atoms with E-state index >= 15 is 0 Å². The molecule has 0 saturated carbocycles. The van der Waals surface area contributed by atoms with Crippen LogP contribution in [0.25, 0.3) is 0 Å². The van der Waals surface area contributed by atoms with Gasteiger partial charge in [0.1, 0.15) is 0 Å². The van der Waals surface area contributed by atoms with Gasteiger partial charge in [-0.15, -0.1) is 0 Å². The molecular weight excluding hydrogens is 397 g/mol. The van der Waals surface area contributed by atoms with Gasteiger partial charge in [-0.25, -0.2) is 8.42 Å². The molecule has 10 heteroatoms. The molecule has 0 aromatic rings. The van der Waals surface area contributed by atoms with E-state index in [4.69, 9.17) is 26.9 Å². The van der Waals surface area contributed by atoms with Gasteiger partial charge in [-0.1, -0.05) is 13.3 Å². The van der Waals surface area contributed by atoms with E-state index in [1.165, 1.54) is 19.3 Å². The third kappa shape index (κ3) is 38.2. The van der Waals surface area contributed by atoms with Gasteiger partial charge in [-0.2, -0.15) is 0 Å². The third-order valence-corrected chi connectivity index (χ3v) is 3.91. The maximum absolute atomic E-state index is 9.08. The van der Waals surface area contributed by atoms with Gasteiger partial charge in [0, 0.05) is 6.26 Å². The predicted octanol–water partition coefficient (Wildman–Crippen LogP) is -0.636. The van der Waals surface area contributed by atoms with Crippen molar-refractivity contribution in [2.24, 2.45) is 0 Å². The maximum Gasteiger partial charge on any atom is 1.00 e. The molecule has 1 N–H and O–H groups in total. The van der Waals surface area contributed by atoms with E-state index in [0.29, 0.717) is 6.26 Å². The summed E-state index contributed by atoms with van der Waals surface area (Å²) in [6.45, 7) is 16.0. The Morgan fingerprint density at radius 1 is 1.00 bits per heavy atom. The SMILES string of the molecule is CCCCNCCC[SiH2]OC(OC(C)(C)C)OC(C)(C)C.CS(=O)(=O)[O-].[Na+]. The first kappa shape index (κ1) is 32.6. The van der Waals surface area contributed by atoms with Gasteiger partial charge >= 0.3 is 29.6 Å². The Morgan fingerprint density at radius 3 is 1.78 bits per heavy atom. The van der Waals surface area contributed by atoms with Gasteiger partial charge in [0.05, 0.1) is 21.3 Å². The Morgan fingerprint density at radius 2 is 1.41 bits per heavy atom. The smallest absolute Gasteiger partial charge is 0.748 e. The summed E-state index contributed by atoms with van der Waals surface area (Å²) in [5.41, 5.74) is -0.516. The molecular formula is C17H40NNaO6SSi. The van der Waals surface area contributed by atoms with Crippen LogP contribution in [0.1, 0.15) is 67.7 Å². The van der Waals surface area contributed by atoms with Crippen LogP contribution < -0.4 is 34.9 Å². The Kier molecular flexibility index (Phi) is 20.2. The van der Waals surface area contributed by atoms with E-state index in [0.717, 1.165) is 19.1 Å². The van der Waals surface area contributed by atoms with Crippen LogP contribution >= 0.6 is 0 Å². The molecule has 0 unspecified atom stereocenters. The van der Waals surface area contributed by atoms with Gasteiger partial charge in [0.15, 0.2) is 9.76 Å². The number of hydrogen-bond donors (Lipinski definition) is 1. The molecule has 0 heterocycles. The Hall–Kier alpha value is 0.967. The first-order valence-corrected chi connectivity index (χ1v) is 12.6. The van der Waals surface area contributed by atoms with Crippen LogP contribution in [0.4, 0.5) is 0 Å². The van der Waals surface area contributed by atoms with Crippen molar-refractivity contribution in [1.82, 2.24) is 5.32 Å². The fourth-order valence-corrected chi connectivity index (χ4v) is 2.58. The fourth-order valence-electron chi connectivity index (χ4n) is 1.63. The van der Waals surface area contributed by atoms with Crippen molar-refractivity contribution in [1.29, 1.82) is 0 Å². The summed E-state index contributed by atoms with van der Waals surface area (Å²) in [6, 6.07) is 1.15. The molecule has 0 aliphatic carbocycles. The van der Waals surface area contributed by atoms with Gasteiger partial charge < -0.3 is 23.8 Å². The number of rotatable bonds is 11. The van der Waals surface area contributed by atoms with Crippen LogP contribution in [0.3, 0.4) is 0 Å². The van der Waals surface area contributed by atoms with Crippen LogP contribution in [0, 0.1) is 0 Å². The summed E-state index contributed by atoms with van der Waals surface area (Å²) in [4.78, 5) is 0. The van der Waals surface area contributed by atoms with E-state index in [9.17, 15) is 0 Å². The Labute approximate surface area is 191 Å². The van der Waals surface area contributed by atoms with Crippen molar-refractivity contribution >= 4 is 19.9 Å². The van der Waals surface area contributed by atoms with Crippen molar-refractivity contribution in [2.45, 2.75) is 91.5 Å². The first-order valence-electron chi connectivity index (χ1n) is 9.23. The largest absolute Gasteiger partial charge is 1.00 e. The van der Waals surface area contributed by atoms with Gasteiger partial charge in [-0.05, 0) is 73.5 Å². The van der Waals surface area contributed by atoms with E-state index in [2.05, 4.69) is 12.2 Å². The molecule has 0 spiro atoms. The second-order valence-corrected chi connectivity index (χ2v) is 11.0. The second-order valence-electron chi connectivity index (χ2n) is 8.13. The minimum absolute atomic E-state index is 0. The van der Waals surface area contributed by atoms with Crippen molar-refractivity contribution in [3.05, 3.63) is 0 Å². The first-order chi connectivity index (χ1) is 11.6. The summed E-state index contributed by atoms with van der Waals surface area (Å²) >= 11 is 0. The maximum atomic E-state index is 9.08. The van der Waals surface area contributed by atoms with E-state index in [1.54, 1.807) is 0 Å². The zero-order valence-corrected chi connectivity index (χ0v) is 23.1. The number of ether oxygens (including phenoxy) is 2. The van der Waals surface area contributed by atoms with E-state index in [-0.39, 0.29) is 40.8 Å². The summed E-state index contributed by atoms with van der Waals surface area (Å²) < 4.78 is 44.8. The van der Waals surface area contributed by atoms with Crippen molar-refractivity contribution in [3.8, 4) is 0 Å². The minimum atomic E-state index is -3.92. The Bertz CT molecular complexity index is 414. The Balaban J connectivity index is -0.000000844. The van der Waals surface area contributed by atoms with Crippen LogP contribution in [-0.4, -0.2) is 59.8 Å². The number of hydrogen-bond acceptors (Lipinski definition) is 7. The molecule has 0 aromatic heterocycles. The minimum Gasteiger partial charge on any atom is -0.748 e. The molecule has 0 radical (unpaired) electrons. The standard InChI is InChI=1S/C16H37NO3Si.CH4O3S.Na/c1-8-9-11-17-12-10-13-21-20-14(18-15(2,3)4)19-16(5,6)7;1-5(2,3)4;/h14,17H,8-13,21H2,1-7H3;1H3,(H,2,3,4);/q;;+1/p-1. The van der Waals surface area contributed by atoms with E-state index in [1.807, 2.05) is 41.5 Å². The molecule has 7 nitrogen and oxygen atoms in total. The number of unbranched alkanes of at least 4 members (excludes halogenated alkanes) is 1.